The summed E-state index contributed by atoms with van der Waals surface area (Å²) in [5, 5.41) is 6.35. The van der Waals surface area contributed by atoms with Gasteiger partial charge in [0.15, 0.2) is 0 Å². The molecule has 2 N–H and O–H groups in total. The Kier molecular flexibility index (Phi) is 9.33. The largest absolute Gasteiger partial charge is 0.384 e. The van der Waals surface area contributed by atoms with Crippen molar-refractivity contribution in [2.24, 2.45) is 5.41 Å². The topological polar surface area (TPSA) is 59.6 Å². The third kappa shape index (κ3) is 5.69. The van der Waals surface area contributed by atoms with Crippen LogP contribution < -0.4 is 10.6 Å². The van der Waals surface area contributed by atoms with E-state index in [9.17, 15) is 4.79 Å². The summed E-state index contributed by atoms with van der Waals surface area (Å²) in [6.45, 7) is 3.50. The maximum absolute atomic E-state index is 12.5. The lowest BCUT2D eigenvalue weighted by Crippen LogP contribution is -2.50. The summed E-state index contributed by atoms with van der Waals surface area (Å²) in [5.41, 5.74) is -0.356. The average Bonchev–Trinajstić information content (AvgIpc) is 2.53. The molecule has 0 spiro atoms. The number of methoxy groups -OCH3 is 1. The molecule has 6 heteroatoms. The molecule has 0 aromatic rings. The lowest BCUT2D eigenvalue weighted by molar-refractivity contribution is -0.136. The molecular formula is C16H31ClN2O3. The van der Waals surface area contributed by atoms with Crippen LogP contribution in [0.25, 0.3) is 0 Å². The van der Waals surface area contributed by atoms with Crippen LogP contribution in [0.2, 0.25) is 0 Å². The van der Waals surface area contributed by atoms with Gasteiger partial charge in [-0.2, -0.15) is 0 Å². The molecule has 2 rings (SSSR count). The van der Waals surface area contributed by atoms with Crippen molar-refractivity contribution in [3.8, 4) is 0 Å². The predicted molar refractivity (Wildman–Crippen MR) is 89.5 cm³/mol. The van der Waals surface area contributed by atoms with Crippen LogP contribution in [0.15, 0.2) is 0 Å². The quantitative estimate of drug-likeness (QED) is 0.698. The number of nitrogens with one attached hydrogen (secondary N) is 2. The minimum atomic E-state index is -0.356. The molecule has 1 amide bonds. The summed E-state index contributed by atoms with van der Waals surface area (Å²) in [4.78, 5) is 12.5. The summed E-state index contributed by atoms with van der Waals surface area (Å²) in [6, 6.07) is 0. The second-order valence-electron chi connectivity index (χ2n) is 6.35. The van der Waals surface area contributed by atoms with Crippen molar-refractivity contribution in [3.63, 3.8) is 0 Å². The molecule has 2 fully saturated rings. The average molecular weight is 335 g/mol. The van der Waals surface area contributed by atoms with Crippen LogP contribution >= 0.6 is 12.4 Å². The smallest absolute Gasteiger partial charge is 0.228 e. The van der Waals surface area contributed by atoms with Gasteiger partial charge >= 0.3 is 0 Å². The second kappa shape index (κ2) is 10.4. The number of piperidine rings is 1. The van der Waals surface area contributed by atoms with Crippen molar-refractivity contribution >= 4 is 18.3 Å². The number of amides is 1. The van der Waals surface area contributed by atoms with E-state index in [0.717, 1.165) is 25.9 Å². The molecule has 1 saturated carbocycles. The molecule has 1 aliphatic heterocycles. The van der Waals surface area contributed by atoms with E-state index < -0.39 is 0 Å². The molecule has 0 aromatic heterocycles. The van der Waals surface area contributed by atoms with E-state index >= 15 is 0 Å². The van der Waals surface area contributed by atoms with Crippen molar-refractivity contribution in [1.29, 1.82) is 0 Å². The highest BCUT2D eigenvalue weighted by Gasteiger charge is 2.39. The number of halogens is 1. The third-order valence-electron chi connectivity index (χ3n) is 4.76. The van der Waals surface area contributed by atoms with Crippen LogP contribution in [0.1, 0.15) is 44.9 Å². The van der Waals surface area contributed by atoms with Gasteiger partial charge in [0.25, 0.3) is 0 Å². The lowest BCUT2D eigenvalue weighted by atomic mass is 9.78. The molecule has 1 aliphatic carbocycles. The highest BCUT2D eigenvalue weighted by molar-refractivity contribution is 5.85. The van der Waals surface area contributed by atoms with E-state index in [1.165, 1.54) is 32.1 Å². The SMILES string of the molecule is COCC1(C(=O)NCCOC2CCCCC2)CCNCC1.Cl. The highest BCUT2D eigenvalue weighted by Crippen LogP contribution is 2.29. The fourth-order valence-electron chi connectivity index (χ4n) is 3.43. The fraction of sp³-hybridized carbons (Fsp3) is 0.938. The Morgan fingerprint density at radius 2 is 1.91 bits per heavy atom. The predicted octanol–water partition coefficient (Wildman–Crippen LogP) is 1.89. The van der Waals surface area contributed by atoms with Crippen LogP contribution in [0, 0.1) is 5.41 Å². The van der Waals surface area contributed by atoms with Gasteiger partial charge in [-0.05, 0) is 38.8 Å². The van der Waals surface area contributed by atoms with Crippen LogP contribution in [-0.4, -0.2) is 52.0 Å². The molecular weight excluding hydrogens is 304 g/mol. The first kappa shape index (κ1) is 19.7. The van der Waals surface area contributed by atoms with E-state index in [-0.39, 0.29) is 23.7 Å². The first-order valence-electron chi connectivity index (χ1n) is 8.36. The number of rotatable bonds is 7. The zero-order valence-electron chi connectivity index (χ0n) is 13.7. The lowest BCUT2D eigenvalue weighted by Gasteiger charge is -2.35. The molecule has 0 atom stereocenters. The molecule has 0 radical (unpaired) electrons. The maximum atomic E-state index is 12.5. The number of hydrogen-bond acceptors (Lipinski definition) is 4. The van der Waals surface area contributed by atoms with E-state index in [1.54, 1.807) is 7.11 Å². The summed E-state index contributed by atoms with van der Waals surface area (Å²) < 4.78 is 11.1. The summed E-state index contributed by atoms with van der Waals surface area (Å²) in [5.74, 6) is 0.123. The first-order chi connectivity index (χ1) is 10.3. The summed E-state index contributed by atoms with van der Waals surface area (Å²) >= 11 is 0. The number of ether oxygens (including phenoxy) is 2. The van der Waals surface area contributed by atoms with Crippen LogP contribution in [0.3, 0.4) is 0 Å². The van der Waals surface area contributed by atoms with Crippen LogP contribution in [0.4, 0.5) is 0 Å². The zero-order valence-corrected chi connectivity index (χ0v) is 14.5. The van der Waals surface area contributed by atoms with Crippen molar-refractivity contribution in [1.82, 2.24) is 10.6 Å². The number of carbonyl (C=O) groups is 1. The molecule has 1 saturated heterocycles. The monoisotopic (exact) mass is 334 g/mol. The van der Waals surface area contributed by atoms with Crippen molar-refractivity contribution in [2.45, 2.75) is 51.0 Å². The summed E-state index contributed by atoms with van der Waals surface area (Å²) in [7, 11) is 1.67. The zero-order chi connectivity index (χ0) is 15.0. The molecule has 130 valence electrons. The third-order valence-corrected chi connectivity index (χ3v) is 4.76. The van der Waals surface area contributed by atoms with E-state index in [2.05, 4.69) is 10.6 Å². The molecule has 5 nitrogen and oxygen atoms in total. The van der Waals surface area contributed by atoms with Gasteiger partial charge in [-0.25, -0.2) is 0 Å². The Hall–Kier alpha value is -0.360. The fourth-order valence-corrected chi connectivity index (χ4v) is 3.43. The summed E-state index contributed by atoms with van der Waals surface area (Å²) in [6.07, 6.45) is 8.33. The molecule has 0 aromatic carbocycles. The molecule has 0 bridgehead atoms. The van der Waals surface area contributed by atoms with Gasteiger partial charge in [0.05, 0.1) is 24.7 Å². The van der Waals surface area contributed by atoms with Crippen molar-refractivity contribution in [2.75, 3.05) is 40.0 Å². The van der Waals surface area contributed by atoms with Gasteiger partial charge < -0.3 is 20.1 Å². The van der Waals surface area contributed by atoms with Gasteiger partial charge in [-0.1, -0.05) is 19.3 Å². The normalized spacial score (nSPS) is 21.9. The van der Waals surface area contributed by atoms with E-state index in [4.69, 9.17) is 9.47 Å². The van der Waals surface area contributed by atoms with Crippen molar-refractivity contribution in [3.05, 3.63) is 0 Å². The van der Waals surface area contributed by atoms with Crippen LogP contribution in [0.5, 0.6) is 0 Å². The Balaban J connectivity index is 0.00000242. The van der Waals surface area contributed by atoms with Gasteiger partial charge in [0.2, 0.25) is 5.91 Å². The minimum absolute atomic E-state index is 0. The van der Waals surface area contributed by atoms with E-state index in [0.29, 0.717) is 25.9 Å². The van der Waals surface area contributed by atoms with Gasteiger partial charge in [0, 0.05) is 13.7 Å². The van der Waals surface area contributed by atoms with E-state index in [1.807, 2.05) is 0 Å². The van der Waals surface area contributed by atoms with Crippen molar-refractivity contribution < 1.29 is 14.3 Å². The second-order valence-corrected chi connectivity index (χ2v) is 6.35. The Morgan fingerprint density at radius 1 is 1.23 bits per heavy atom. The molecule has 22 heavy (non-hydrogen) atoms. The maximum Gasteiger partial charge on any atom is 0.228 e. The first-order valence-corrected chi connectivity index (χ1v) is 8.36. The van der Waals surface area contributed by atoms with Gasteiger partial charge in [-0.15, -0.1) is 12.4 Å². The highest BCUT2D eigenvalue weighted by atomic mass is 35.5. The molecule has 0 unspecified atom stereocenters. The minimum Gasteiger partial charge on any atom is -0.384 e. The van der Waals surface area contributed by atoms with Gasteiger partial charge in [-0.3, -0.25) is 4.79 Å². The standard InChI is InChI=1S/C16H30N2O3.ClH/c1-20-13-16(7-9-17-10-8-16)15(19)18-11-12-21-14-5-3-2-4-6-14;/h14,17H,2-13H2,1H3,(H,18,19);1H. The van der Waals surface area contributed by atoms with Gasteiger partial charge in [0.1, 0.15) is 0 Å². The Labute approximate surface area is 140 Å². The number of carbonyl (C=O) groups excluding carboxylic acids is 1. The molecule has 1 heterocycles. The van der Waals surface area contributed by atoms with Crippen LogP contribution in [-0.2, 0) is 14.3 Å². The molecule has 2 aliphatic rings. The Morgan fingerprint density at radius 3 is 2.55 bits per heavy atom. The number of hydrogen-bond donors (Lipinski definition) is 2. The Bertz CT molecular complexity index is 311.